The normalized spacial score (nSPS) is 18.9. The zero-order chi connectivity index (χ0) is 25.3. The van der Waals surface area contributed by atoms with Gasteiger partial charge in [0.05, 0.1) is 0 Å². The van der Waals surface area contributed by atoms with Crippen LogP contribution in [0, 0.1) is 0 Å². The van der Waals surface area contributed by atoms with Crippen LogP contribution >= 0.6 is 0 Å². The molecule has 37 heavy (non-hydrogen) atoms. The van der Waals surface area contributed by atoms with Crippen LogP contribution in [-0.4, -0.2) is 55.7 Å². The van der Waals surface area contributed by atoms with Gasteiger partial charge < -0.3 is 20.3 Å². The van der Waals surface area contributed by atoms with Crippen LogP contribution in [0.5, 0.6) is 5.75 Å². The summed E-state index contributed by atoms with van der Waals surface area (Å²) >= 11 is 0. The fourth-order valence-electron chi connectivity index (χ4n) is 5.43. The van der Waals surface area contributed by atoms with E-state index in [1.165, 1.54) is 30.6 Å². The van der Waals surface area contributed by atoms with E-state index in [4.69, 9.17) is 4.74 Å². The minimum Gasteiger partial charge on any atom is -0.484 e. The maximum absolute atomic E-state index is 12.2. The molecule has 2 saturated heterocycles. The van der Waals surface area contributed by atoms with E-state index in [1.54, 1.807) is 0 Å². The highest BCUT2D eigenvalue weighted by atomic mass is 16.5. The van der Waals surface area contributed by atoms with E-state index < -0.39 is 0 Å². The number of carbonyl (C=O) groups excluding carboxylic acids is 1. The van der Waals surface area contributed by atoms with Gasteiger partial charge in [-0.05, 0) is 74.2 Å². The van der Waals surface area contributed by atoms with Gasteiger partial charge >= 0.3 is 0 Å². The van der Waals surface area contributed by atoms with Crippen molar-refractivity contribution in [2.24, 2.45) is 0 Å². The number of nitrogens with one attached hydrogen (secondary N) is 2. The van der Waals surface area contributed by atoms with Gasteiger partial charge in [0.25, 0.3) is 5.91 Å². The van der Waals surface area contributed by atoms with Crippen LogP contribution < -0.4 is 20.3 Å². The maximum atomic E-state index is 12.2. The zero-order valence-electron chi connectivity index (χ0n) is 21.5. The Morgan fingerprint density at radius 2 is 1.51 bits per heavy atom. The summed E-state index contributed by atoms with van der Waals surface area (Å²) in [6.07, 6.45) is 4.86. The van der Waals surface area contributed by atoms with Gasteiger partial charge in [0.1, 0.15) is 5.75 Å². The molecule has 3 aromatic carbocycles. The van der Waals surface area contributed by atoms with Gasteiger partial charge in [-0.15, -0.1) is 0 Å². The van der Waals surface area contributed by atoms with Crippen molar-refractivity contribution in [3.8, 4) is 5.75 Å². The summed E-state index contributed by atoms with van der Waals surface area (Å²) in [5.74, 6) is 0.535. The SMILES string of the molecule is O=C(COc1ccccc1)Nc1ccc(N2CCC(N[C@H]3CCCN(Cc4ccccc4)C3)CC2)cc1. The minimum atomic E-state index is -0.159. The molecule has 2 aliphatic rings. The van der Waals surface area contributed by atoms with Crippen molar-refractivity contribution in [1.82, 2.24) is 10.2 Å². The Morgan fingerprint density at radius 3 is 2.24 bits per heavy atom. The molecule has 5 rings (SSSR count). The quantitative estimate of drug-likeness (QED) is 0.438. The predicted molar refractivity (Wildman–Crippen MR) is 150 cm³/mol. The number of hydrogen-bond donors (Lipinski definition) is 2. The Balaban J connectivity index is 1.03. The molecule has 0 aromatic heterocycles. The second kappa shape index (κ2) is 12.7. The van der Waals surface area contributed by atoms with Crippen molar-refractivity contribution in [2.75, 3.05) is 43.0 Å². The van der Waals surface area contributed by atoms with Gasteiger partial charge in [-0.2, -0.15) is 0 Å². The number of amides is 1. The highest BCUT2D eigenvalue weighted by Crippen LogP contribution is 2.23. The first-order valence-electron chi connectivity index (χ1n) is 13.6. The van der Waals surface area contributed by atoms with Crippen molar-refractivity contribution in [1.29, 1.82) is 0 Å². The van der Waals surface area contributed by atoms with Crippen molar-refractivity contribution in [3.63, 3.8) is 0 Å². The fraction of sp³-hybridized carbons (Fsp3) is 0.387. The Morgan fingerprint density at radius 1 is 0.811 bits per heavy atom. The highest BCUT2D eigenvalue weighted by Gasteiger charge is 2.25. The molecule has 6 heteroatoms. The summed E-state index contributed by atoms with van der Waals surface area (Å²) in [4.78, 5) is 17.3. The first-order chi connectivity index (χ1) is 18.2. The summed E-state index contributed by atoms with van der Waals surface area (Å²) in [7, 11) is 0. The van der Waals surface area contributed by atoms with Crippen LogP contribution in [0.1, 0.15) is 31.2 Å². The van der Waals surface area contributed by atoms with Crippen LogP contribution in [0.4, 0.5) is 11.4 Å². The van der Waals surface area contributed by atoms with E-state index in [2.05, 4.69) is 62.9 Å². The molecule has 6 nitrogen and oxygen atoms in total. The van der Waals surface area contributed by atoms with Crippen molar-refractivity contribution in [3.05, 3.63) is 90.5 Å². The molecule has 0 radical (unpaired) electrons. The number of anilines is 2. The van der Waals surface area contributed by atoms with Gasteiger partial charge in [-0.1, -0.05) is 48.5 Å². The van der Waals surface area contributed by atoms with Crippen LogP contribution in [0.2, 0.25) is 0 Å². The summed E-state index contributed by atoms with van der Waals surface area (Å²) < 4.78 is 5.53. The predicted octanol–water partition coefficient (Wildman–Crippen LogP) is 4.93. The first-order valence-corrected chi connectivity index (χ1v) is 13.6. The van der Waals surface area contributed by atoms with Crippen LogP contribution in [-0.2, 0) is 11.3 Å². The fourth-order valence-corrected chi connectivity index (χ4v) is 5.43. The lowest BCUT2D eigenvalue weighted by Crippen LogP contribution is -2.51. The molecule has 0 unspecified atom stereocenters. The van der Waals surface area contributed by atoms with Gasteiger partial charge in [0.2, 0.25) is 0 Å². The number of nitrogens with zero attached hydrogens (tertiary/aromatic N) is 2. The molecule has 0 aliphatic carbocycles. The van der Waals surface area contributed by atoms with E-state index in [9.17, 15) is 4.79 Å². The smallest absolute Gasteiger partial charge is 0.262 e. The van der Waals surface area contributed by atoms with Crippen LogP contribution in [0.3, 0.4) is 0 Å². The lowest BCUT2D eigenvalue weighted by Gasteiger charge is -2.39. The standard InChI is InChI=1S/C31H38N4O2/c36-31(24-37-30-11-5-2-6-12-30)33-26-13-15-29(16-14-26)35-20-17-27(18-21-35)32-28-10-7-19-34(23-28)22-25-8-3-1-4-9-25/h1-6,8-9,11-16,27-28,32H,7,10,17-24H2,(H,33,36)/t28-/m0/s1. The molecule has 2 aliphatic heterocycles. The van der Waals surface area contributed by atoms with Gasteiger partial charge in [0.15, 0.2) is 6.61 Å². The number of benzene rings is 3. The van der Waals surface area contributed by atoms with Crippen molar-refractivity contribution < 1.29 is 9.53 Å². The van der Waals surface area contributed by atoms with Gasteiger partial charge in [0, 0.05) is 49.6 Å². The molecule has 3 aromatic rings. The molecule has 1 amide bonds. The number of rotatable bonds is 9. The first kappa shape index (κ1) is 25.3. The number of carbonyl (C=O) groups is 1. The maximum Gasteiger partial charge on any atom is 0.262 e. The molecule has 194 valence electrons. The van der Waals surface area contributed by atoms with Gasteiger partial charge in [-0.3, -0.25) is 9.69 Å². The lowest BCUT2D eigenvalue weighted by molar-refractivity contribution is -0.118. The van der Waals surface area contributed by atoms with Crippen molar-refractivity contribution in [2.45, 2.75) is 44.3 Å². The Bertz CT molecular complexity index is 1100. The summed E-state index contributed by atoms with van der Waals surface area (Å²) in [6.45, 7) is 5.48. The highest BCUT2D eigenvalue weighted by molar-refractivity contribution is 5.92. The largest absolute Gasteiger partial charge is 0.484 e. The van der Waals surface area contributed by atoms with E-state index >= 15 is 0 Å². The molecule has 0 saturated carbocycles. The van der Waals surface area contributed by atoms with E-state index in [0.717, 1.165) is 44.7 Å². The molecule has 2 heterocycles. The number of para-hydroxylation sites is 1. The molecule has 1 atom stereocenters. The topological polar surface area (TPSA) is 56.8 Å². The minimum absolute atomic E-state index is 0.00269. The number of hydrogen-bond acceptors (Lipinski definition) is 5. The van der Waals surface area contributed by atoms with Crippen molar-refractivity contribution >= 4 is 17.3 Å². The number of likely N-dealkylation sites (tertiary alicyclic amines) is 1. The number of ether oxygens (including phenoxy) is 1. The molecule has 0 spiro atoms. The van der Waals surface area contributed by atoms with Gasteiger partial charge in [-0.25, -0.2) is 0 Å². The number of piperidine rings is 2. The van der Waals surface area contributed by atoms with Crippen LogP contribution in [0.25, 0.3) is 0 Å². The molecule has 2 fully saturated rings. The third-order valence-electron chi connectivity index (χ3n) is 7.35. The second-order valence-electron chi connectivity index (χ2n) is 10.2. The third kappa shape index (κ3) is 7.57. The summed E-state index contributed by atoms with van der Waals surface area (Å²) in [5, 5.41) is 6.89. The van der Waals surface area contributed by atoms with E-state index in [-0.39, 0.29) is 12.5 Å². The molecular formula is C31H38N4O2. The zero-order valence-corrected chi connectivity index (χ0v) is 21.5. The second-order valence-corrected chi connectivity index (χ2v) is 10.2. The van der Waals surface area contributed by atoms with E-state index in [0.29, 0.717) is 17.8 Å². The monoisotopic (exact) mass is 498 g/mol. The lowest BCUT2D eigenvalue weighted by atomic mass is 9.99. The Kier molecular flexibility index (Phi) is 8.72. The summed E-state index contributed by atoms with van der Waals surface area (Å²) in [6, 6.07) is 29.5. The average molecular weight is 499 g/mol. The Labute approximate surface area is 220 Å². The molecular weight excluding hydrogens is 460 g/mol. The molecule has 0 bridgehead atoms. The third-order valence-corrected chi connectivity index (χ3v) is 7.35. The Hall–Kier alpha value is -3.35. The average Bonchev–Trinajstić information content (AvgIpc) is 2.94. The molecule has 2 N–H and O–H groups in total. The summed E-state index contributed by atoms with van der Waals surface area (Å²) in [5.41, 5.74) is 3.41. The van der Waals surface area contributed by atoms with Crippen LogP contribution in [0.15, 0.2) is 84.9 Å². The van der Waals surface area contributed by atoms with E-state index in [1.807, 2.05) is 42.5 Å².